The molecule has 2 aromatic carbocycles. The number of hydrogen-bond acceptors (Lipinski definition) is 2. The van der Waals surface area contributed by atoms with E-state index in [0.29, 0.717) is 18.7 Å². The van der Waals surface area contributed by atoms with Crippen molar-refractivity contribution in [1.29, 1.82) is 0 Å². The maximum Gasteiger partial charge on any atom is 0.127 e. The number of halogens is 2. The number of methoxy groups -OCH3 is 1. The molecule has 0 heterocycles. The molecule has 0 fully saturated rings. The molecule has 0 saturated heterocycles. The molecular formula is C16H17F2NO. The average Bonchev–Trinajstić information content (AvgIpc) is 2.47. The molecule has 106 valence electrons. The highest BCUT2D eigenvalue weighted by Crippen LogP contribution is 2.13. The fourth-order valence-corrected chi connectivity index (χ4v) is 1.96. The predicted molar refractivity (Wildman–Crippen MR) is 74.8 cm³/mol. The van der Waals surface area contributed by atoms with E-state index in [4.69, 9.17) is 4.74 Å². The summed E-state index contributed by atoms with van der Waals surface area (Å²) < 4.78 is 31.5. The Morgan fingerprint density at radius 2 is 1.95 bits per heavy atom. The van der Waals surface area contributed by atoms with Gasteiger partial charge < -0.3 is 10.1 Å². The van der Waals surface area contributed by atoms with Gasteiger partial charge in [0.25, 0.3) is 0 Å². The molecule has 0 spiro atoms. The van der Waals surface area contributed by atoms with Gasteiger partial charge in [-0.25, -0.2) is 8.78 Å². The van der Waals surface area contributed by atoms with E-state index in [1.807, 2.05) is 24.3 Å². The second-order valence-corrected chi connectivity index (χ2v) is 4.51. The van der Waals surface area contributed by atoms with Crippen LogP contribution in [0.2, 0.25) is 0 Å². The van der Waals surface area contributed by atoms with E-state index < -0.39 is 5.82 Å². The first kappa shape index (κ1) is 14.5. The van der Waals surface area contributed by atoms with Crippen molar-refractivity contribution in [3.63, 3.8) is 0 Å². The van der Waals surface area contributed by atoms with Crippen LogP contribution in [0.25, 0.3) is 0 Å². The predicted octanol–water partition coefficient (Wildman–Crippen LogP) is 3.31. The Bertz CT molecular complexity index is 572. The maximum absolute atomic E-state index is 13.4. The lowest BCUT2D eigenvalue weighted by atomic mass is 10.1. The Morgan fingerprint density at radius 3 is 2.75 bits per heavy atom. The van der Waals surface area contributed by atoms with Crippen molar-refractivity contribution >= 4 is 0 Å². The molecule has 2 nitrogen and oxygen atoms in total. The summed E-state index contributed by atoms with van der Waals surface area (Å²) in [6.07, 6.45) is 0.800. The topological polar surface area (TPSA) is 21.3 Å². The van der Waals surface area contributed by atoms with E-state index >= 15 is 0 Å². The van der Waals surface area contributed by atoms with Crippen molar-refractivity contribution in [3.8, 4) is 5.75 Å². The third kappa shape index (κ3) is 4.03. The van der Waals surface area contributed by atoms with Crippen LogP contribution in [0.3, 0.4) is 0 Å². The molecule has 0 unspecified atom stereocenters. The lowest BCUT2D eigenvalue weighted by molar-refractivity contribution is 0.414. The molecule has 0 aliphatic rings. The van der Waals surface area contributed by atoms with Gasteiger partial charge >= 0.3 is 0 Å². The minimum Gasteiger partial charge on any atom is -0.497 e. The summed E-state index contributed by atoms with van der Waals surface area (Å²) >= 11 is 0. The highest BCUT2D eigenvalue weighted by molar-refractivity contribution is 5.28. The van der Waals surface area contributed by atoms with E-state index in [2.05, 4.69) is 5.32 Å². The van der Waals surface area contributed by atoms with Gasteiger partial charge in [-0.2, -0.15) is 0 Å². The number of nitrogens with one attached hydrogen (secondary N) is 1. The number of ether oxygens (including phenoxy) is 1. The molecule has 0 saturated carbocycles. The Hall–Kier alpha value is -1.94. The van der Waals surface area contributed by atoms with Crippen LogP contribution in [0.15, 0.2) is 42.5 Å². The van der Waals surface area contributed by atoms with Gasteiger partial charge in [0.15, 0.2) is 0 Å². The van der Waals surface area contributed by atoms with Crippen LogP contribution in [-0.4, -0.2) is 13.7 Å². The van der Waals surface area contributed by atoms with Crippen molar-refractivity contribution < 1.29 is 13.5 Å². The SMILES string of the molecule is COc1cccc(CCNCc2cc(F)ccc2F)c1. The molecule has 0 radical (unpaired) electrons. The lowest BCUT2D eigenvalue weighted by Gasteiger charge is -2.07. The molecule has 0 atom stereocenters. The largest absolute Gasteiger partial charge is 0.497 e. The van der Waals surface area contributed by atoms with Crippen molar-refractivity contribution in [3.05, 3.63) is 65.2 Å². The van der Waals surface area contributed by atoms with Crippen LogP contribution in [0.5, 0.6) is 5.75 Å². The third-order valence-corrected chi connectivity index (χ3v) is 3.05. The van der Waals surface area contributed by atoms with Gasteiger partial charge in [-0.3, -0.25) is 0 Å². The first-order chi connectivity index (χ1) is 9.69. The summed E-state index contributed by atoms with van der Waals surface area (Å²) in [5.74, 6) is 0.00921. The molecule has 0 aliphatic heterocycles. The lowest BCUT2D eigenvalue weighted by Crippen LogP contribution is -2.17. The first-order valence-corrected chi connectivity index (χ1v) is 6.46. The Kier molecular flexibility index (Phi) is 5.07. The van der Waals surface area contributed by atoms with Crippen LogP contribution >= 0.6 is 0 Å². The summed E-state index contributed by atoms with van der Waals surface area (Å²) in [5.41, 5.74) is 1.48. The molecule has 4 heteroatoms. The molecule has 0 amide bonds. The van der Waals surface area contributed by atoms with Gasteiger partial charge in [-0.1, -0.05) is 12.1 Å². The Morgan fingerprint density at radius 1 is 1.10 bits per heavy atom. The van der Waals surface area contributed by atoms with E-state index in [1.54, 1.807) is 7.11 Å². The van der Waals surface area contributed by atoms with Crippen LogP contribution in [0, 0.1) is 11.6 Å². The second kappa shape index (κ2) is 7.01. The number of hydrogen-bond donors (Lipinski definition) is 1. The quantitative estimate of drug-likeness (QED) is 0.818. The molecule has 1 N–H and O–H groups in total. The molecule has 0 bridgehead atoms. The van der Waals surface area contributed by atoms with Crippen molar-refractivity contribution in [2.45, 2.75) is 13.0 Å². The third-order valence-electron chi connectivity index (χ3n) is 3.05. The van der Waals surface area contributed by atoms with Crippen molar-refractivity contribution in [2.24, 2.45) is 0 Å². The highest BCUT2D eigenvalue weighted by Gasteiger charge is 2.03. The van der Waals surface area contributed by atoms with Crippen molar-refractivity contribution in [1.82, 2.24) is 5.32 Å². The van der Waals surface area contributed by atoms with E-state index in [-0.39, 0.29) is 5.82 Å². The zero-order valence-corrected chi connectivity index (χ0v) is 11.3. The van der Waals surface area contributed by atoms with Crippen LogP contribution in [0.1, 0.15) is 11.1 Å². The standard InChI is InChI=1S/C16H17F2NO/c1-20-15-4-2-3-12(9-15)7-8-19-11-13-10-14(17)5-6-16(13)18/h2-6,9-10,19H,7-8,11H2,1H3. The maximum atomic E-state index is 13.4. The summed E-state index contributed by atoms with van der Waals surface area (Å²) in [6.45, 7) is 0.997. The highest BCUT2D eigenvalue weighted by atomic mass is 19.1. The molecular weight excluding hydrogens is 260 g/mol. The van der Waals surface area contributed by atoms with Gasteiger partial charge in [-0.05, 0) is 48.9 Å². The van der Waals surface area contributed by atoms with Crippen LogP contribution < -0.4 is 10.1 Å². The summed E-state index contributed by atoms with van der Waals surface area (Å²) in [5, 5.41) is 3.11. The van der Waals surface area contributed by atoms with E-state index in [9.17, 15) is 8.78 Å². The molecule has 0 aromatic heterocycles. The van der Waals surface area contributed by atoms with Crippen molar-refractivity contribution in [2.75, 3.05) is 13.7 Å². The minimum atomic E-state index is -0.420. The minimum absolute atomic E-state index is 0.313. The fourth-order valence-electron chi connectivity index (χ4n) is 1.96. The first-order valence-electron chi connectivity index (χ1n) is 6.46. The number of benzene rings is 2. The summed E-state index contributed by atoms with van der Waals surface area (Å²) in [4.78, 5) is 0. The zero-order chi connectivity index (χ0) is 14.4. The Labute approximate surface area is 117 Å². The molecule has 20 heavy (non-hydrogen) atoms. The summed E-state index contributed by atoms with van der Waals surface area (Å²) in [6, 6.07) is 11.3. The van der Waals surface area contributed by atoms with Gasteiger partial charge in [0.1, 0.15) is 17.4 Å². The van der Waals surface area contributed by atoms with Gasteiger partial charge in [0.2, 0.25) is 0 Å². The van der Waals surface area contributed by atoms with E-state index in [0.717, 1.165) is 29.9 Å². The van der Waals surface area contributed by atoms with Crippen LogP contribution in [-0.2, 0) is 13.0 Å². The normalized spacial score (nSPS) is 10.6. The van der Waals surface area contributed by atoms with E-state index in [1.165, 1.54) is 6.07 Å². The molecule has 2 aromatic rings. The molecule has 0 aliphatic carbocycles. The zero-order valence-electron chi connectivity index (χ0n) is 11.3. The van der Waals surface area contributed by atoms with Gasteiger partial charge in [0, 0.05) is 12.1 Å². The fraction of sp³-hybridized carbons (Fsp3) is 0.250. The van der Waals surface area contributed by atoms with Crippen LogP contribution in [0.4, 0.5) is 8.78 Å². The van der Waals surface area contributed by atoms with Gasteiger partial charge in [-0.15, -0.1) is 0 Å². The average molecular weight is 277 g/mol. The van der Waals surface area contributed by atoms with Gasteiger partial charge in [0.05, 0.1) is 7.11 Å². The monoisotopic (exact) mass is 277 g/mol. The molecule has 2 rings (SSSR count). The summed E-state index contributed by atoms with van der Waals surface area (Å²) in [7, 11) is 1.63. The second-order valence-electron chi connectivity index (χ2n) is 4.51. The Balaban J connectivity index is 1.82. The smallest absolute Gasteiger partial charge is 0.127 e. The number of rotatable bonds is 6.